The molecule has 0 aliphatic carbocycles. The average molecular weight is 250 g/mol. The summed E-state index contributed by atoms with van der Waals surface area (Å²) < 4.78 is 0. The van der Waals surface area contributed by atoms with Crippen LogP contribution in [-0.2, 0) is 6.54 Å². The Labute approximate surface area is 110 Å². The number of fused-ring (bicyclic) bond motifs is 1. The molecule has 0 saturated carbocycles. The topological polar surface area (TPSA) is 44.9 Å². The predicted molar refractivity (Wildman–Crippen MR) is 78.3 cm³/mol. The number of anilines is 1. The molecule has 2 N–H and O–H groups in total. The fraction of sp³-hybridized carbons (Fsp3) is 0.0625. The highest BCUT2D eigenvalue weighted by Crippen LogP contribution is 2.11. The van der Waals surface area contributed by atoms with E-state index in [9.17, 15) is 4.79 Å². The summed E-state index contributed by atoms with van der Waals surface area (Å²) >= 11 is 0. The van der Waals surface area contributed by atoms with E-state index in [1.54, 1.807) is 6.07 Å². The van der Waals surface area contributed by atoms with Crippen LogP contribution in [0.5, 0.6) is 0 Å². The van der Waals surface area contributed by atoms with E-state index in [1.165, 1.54) is 5.56 Å². The lowest BCUT2D eigenvalue weighted by molar-refractivity contribution is 1.12. The largest absolute Gasteiger partial charge is 0.367 e. The molecule has 0 radical (unpaired) electrons. The first-order chi connectivity index (χ1) is 9.33. The highest BCUT2D eigenvalue weighted by atomic mass is 16.1. The molecule has 0 saturated heterocycles. The van der Waals surface area contributed by atoms with E-state index in [0.717, 1.165) is 11.3 Å². The highest BCUT2D eigenvalue weighted by molar-refractivity contribution is 5.79. The number of hydrogen-bond acceptors (Lipinski definition) is 2. The molecule has 1 heterocycles. The van der Waals surface area contributed by atoms with Gasteiger partial charge in [0, 0.05) is 18.0 Å². The number of H-pyrrole nitrogens is 1. The third kappa shape index (κ3) is 2.50. The molecule has 0 unspecified atom stereocenters. The average Bonchev–Trinajstić information content (AvgIpc) is 2.46. The van der Waals surface area contributed by atoms with Gasteiger partial charge in [0.15, 0.2) is 5.43 Å². The number of aromatic nitrogens is 1. The first kappa shape index (κ1) is 11.5. The van der Waals surface area contributed by atoms with E-state index in [-0.39, 0.29) is 5.43 Å². The van der Waals surface area contributed by atoms with E-state index in [4.69, 9.17) is 0 Å². The van der Waals surface area contributed by atoms with Crippen LogP contribution in [0.3, 0.4) is 0 Å². The zero-order chi connectivity index (χ0) is 13.1. The van der Waals surface area contributed by atoms with Crippen molar-refractivity contribution in [1.82, 2.24) is 4.98 Å². The van der Waals surface area contributed by atoms with Crippen LogP contribution < -0.4 is 10.7 Å². The molecule has 0 spiro atoms. The fourth-order valence-corrected chi connectivity index (χ4v) is 2.09. The summed E-state index contributed by atoms with van der Waals surface area (Å²) in [5, 5.41) is 3.95. The van der Waals surface area contributed by atoms with Crippen molar-refractivity contribution in [3.05, 3.63) is 76.5 Å². The Hall–Kier alpha value is -2.55. The summed E-state index contributed by atoms with van der Waals surface area (Å²) in [6.45, 7) is 0.690. The molecule has 0 aliphatic heterocycles. The summed E-state index contributed by atoms with van der Waals surface area (Å²) in [5.74, 6) is 0.743. The second-order valence-corrected chi connectivity index (χ2v) is 4.43. The molecule has 2 aromatic carbocycles. The number of pyridine rings is 1. The summed E-state index contributed by atoms with van der Waals surface area (Å²) in [6.07, 6.45) is 0. The van der Waals surface area contributed by atoms with Crippen LogP contribution >= 0.6 is 0 Å². The molecule has 1 aromatic heterocycles. The van der Waals surface area contributed by atoms with Crippen molar-refractivity contribution in [2.24, 2.45) is 0 Å². The smallest absolute Gasteiger partial charge is 0.191 e. The Morgan fingerprint density at radius 1 is 0.947 bits per heavy atom. The number of nitrogens with one attached hydrogen (secondary N) is 2. The van der Waals surface area contributed by atoms with Crippen LogP contribution in [0.4, 0.5) is 5.82 Å². The SMILES string of the molecule is O=c1cc(NCc2ccccc2)[nH]c2ccccc12. The van der Waals surface area contributed by atoms with Gasteiger partial charge in [-0.2, -0.15) is 0 Å². The molecule has 0 atom stereocenters. The van der Waals surface area contributed by atoms with Gasteiger partial charge in [-0.3, -0.25) is 4.79 Å². The van der Waals surface area contributed by atoms with Crippen LogP contribution in [0.25, 0.3) is 10.9 Å². The Morgan fingerprint density at radius 3 is 2.53 bits per heavy atom. The number of hydrogen-bond donors (Lipinski definition) is 2. The predicted octanol–water partition coefficient (Wildman–Crippen LogP) is 3.14. The van der Waals surface area contributed by atoms with Crippen LogP contribution in [0, 0.1) is 0 Å². The molecule has 0 fully saturated rings. The minimum atomic E-state index is 0.0323. The van der Waals surface area contributed by atoms with Crippen LogP contribution in [-0.4, -0.2) is 4.98 Å². The van der Waals surface area contributed by atoms with Gasteiger partial charge in [-0.1, -0.05) is 42.5 Å². The summed E-state index contributed by atoms with van der Waals surface area (Å²) in [4.78, 5) is 15.2. The third-order valence-corrected chi connectivity index (χ3v) is 3.06. The van der Waals surface area contributed by atoms with Crippen LogP contribution in [0.1, 0.15) is 5.56 Å². The molecule has 0 bridgehead atoms. The van der Waals surface area contributed by atoms with Gasteiger partial charge in [0.05, 0.1) is 5.52 Å². The maximum absolute atomic E-state index is 12.0. The second-order valence-electron chi connectivity index (χ2n) is 4.43. The van der Waals surface area contributed by atoms with Crippen molar-refractivity contribution in [2.45, 2.75) is 6.54 Å². The van der Waals surface area contributed by atoms with Gasteiger partial charge >= 0.3 is 0 Å². The van der Waals surface area contributed by atoms with Crippen LogP contribution in [0.15, 0.2) is 65.5 Å². The zero-order valence-electron chi connectivity index (χ0n) is 10.4. The molecule has 3 nitrogen and oxygen atoms in total. The van der Waals surface area contributed by atoms with Crippen molar-refractivity contribution < 1.29 is 0 Å². The lowest BCUT2D eigenvalue weighted by Gasteiger charge is -2.07. The van der Waals surface area contributed by atoms with E-state index < -0.39 is 0 Å². The van der Waals surface area contributed by atoms with E-state index in [1.807, 2.05) is 54.6 Å². The lowest BCUT2D eigenvalue weighted by atomic mass is 10.2. The van der Waals surface area contributed by atoms with Gasteiger partial charge < -0.3 is 10.3 Å². The van der Waals surface area contributed by atoms with Gasteiger partial charge in [-0.15, -0.1) is 0 Å². The molecule has 3 heteroatoms. The number of benzene rings is 2. The van der Waals surface area contributed by atoms with E-state index in [0.29, 0.717) is 11.9 Å². The van der Waals surface area contributed by atoms with Crippen molar-refractivity contribution in [1.29, 1.82) is 0 Å². The summed E-state index contributed by atoms with van der Waals surface area (Å²) in [5.41, 5.74) is 2.06. The highest BCUT2D eigenvalue weighted by Gasteiger charge is 2.00. The first-order valence-electron chi connectivity index (χ1n) is 6.23. The lowest BCUT2D eigenvalue weighted by Crippen LogP contribution is -2.07. The van der Waals surface area contributed by atoms with Crippen LogP contribution in [0.2, 0.25) is 0 Å². The molecule has 0 amide bonds. The standard InChI is InChI=1S/C16H14N2O/c19-15-10-16(17-11-12-6-2-1-3-7-12)18-14-9-5-4-8-13(14)15/h1-10H,11H2,(H2,17,18,19). The molecule has 19 heavy (non-hydrogen) atoms. The zero-order valence-corrected chi connectivity index (χ0v) is 10.4. The summed E-state index contributed by atoms with van der Waals surface area (Å²) in [7, 11) is 0. The molecule has 3 aromatic rings. The second kappa shape index (κ2) is 4.98. The molecule has 94 valence electrons. The normalized spacial score (nSPS) is 10.5. The van der Waals surface area contributed by atoms with Crippen molar-refractivity contribution in [3.63, 3.8) is 0 Å². The molecule has 0 aliphatic rings. The van der Waals surface area contributed by atoms with Crippen molar-refractivity contribution in [2.75, 3.05) is 5.32 Å². The minimum absolute atomic E-state index is 0.0323. The Bertz CT molecular complexity index is 747. The van der Waals surface area contributed by atoms with Crippen molar-refractivity contribution >= 4 is 16.7 Å². The Morgan fingerprint density at radius 2 is 1.68 bits per heavy atom. The maximum atomic E-state index is 12.0. The third-order valence-electron chi connectivity index (χ3n) is 3.06. The number of aromatic amines is 1. The van der Waals surface area contributed by atoms with Gasteiger partial charge in [0.25, 0.3) is 0 Å². The van der Waals surface area contributed by atoms with Gasteiger partial charge in [-0.05, 0) is 17.7 Å². The summed E-state index contributed by atoms with van der Waals surface area (Å²) in [6, 6.07) is 19.2. The monoisotopic (exact) mass is 250 g/mol. The van der Waals surface area contributed by atoms with Gasteiger partial charge in [0.1, 0.15) is 5.82 Å². The Kier molecular flexibility index (Phi) is 3.02. The maximum Gasteiger partial charge on any atom is 0.191 e. The first-order valence-corrected chi connectivity index (χ1v) is 6.23. The van der Waals surface area contributed by atoms with Crippen molar-refractivity contribution in [3.8, 4) is 0 Å². The number of para-hydroxylation sites is 1. The van der Waals surface area contributed by atoms with Gasteiger partial charge in [0.2, 0.25) is 0 Å². The quantitative estimate of drug-likeness (QED) is 0.750. The van der Waals surface area contributed by atoms with E-state index in [2.05, 4.69) is 10.3 Å². The molecular weight excluding hydrogens is 236 g/mol. The fourth-order valence-electron chi connectivity index (χ4n) is 2.09. The number of rotatable bonds is 3. The van der Waals surface area contributed by atoms with E-state index >= 15 is 0 Å². The minimum Gasteiger partial charge on any atom is -0.367 e. The molecular formula is C16H14N2O. The Balaban J connectivity index is 1.88. The van der Waals surface area contributed by atoms with Gasteiger partial charge in [-0.25, -0.2) is 0 Å². The molecule has 3 rings (SSSR count).